The van der Waals surface area contributed by atoms with E-state index in [1.165, 1.54) is 0 Å². The van der Waals surface area contributed by atoms with Gasteiger partial charge in [0.2, 0.25) is 0 Å². The van der Waals surface area contributed by atoms with Crippen molar-refractivity contribution in [3.8, 4) is 0 Å². The average molecular weight is 350 g/mol. The summed E-state index contributed by atoms with van der Waals surface area (Å²) in [6.07, 6.45) is 1.85. The summed E-state index contributed by atoms with van der Waals surface area (Å²) in [7, 11) is 0. The van der Waals surface area contributed by atoms with Crippen LogP contribution in [0.3, 0.4) is 0 Å². The Bertz CT molecular complexity index is 875. The van der Waals surface area contributed by atoms with E-state index in [1.807, 2.05) is 17.7 Å². The van der Waals surface area contributed by atoms with Crippen molar-refractivity contribution in [3.63, 3.8) is 0 Å². The van der Waals surface area contributed by atoms with E-state index >= 15 is 0 Å². The highest BCUT2D eigenvalue weighted by Crippen LogP contribution is 2.19. The van der Waals surface area contributed by atoms with Crippen LogP contribution in [0, 0.1) is 0 Å². The zero-order valence-corrected chi connectivity index (χ0v) is 12.7. The molecule has 1 amide bonds. The van der Waals surface area contributed by atoms with Gasteiger partial charge in [-0.05, 0) is 47.1 Å². The monoisotopic (exact) mass is 349 g/mol. The quantitative estimate of drug-likeness (QED) is 0.762. The van der Waals surface area contributed by atoms with E-state index in [9.17, 15) is 9.59 Å². The van der Waals surface area contributed by atoms with Crippen molar-refractivity contribution in [3.05, 3.63) is 51.2 Å². The molecule has 0 aliphatic rings. The lowest BCUT2D eigenvalue weighted by Gasteiger charge is -2.07. The van der Waals surface area contributed by atoms with Crippen LogP contribution in [0.2, 0.25) is 0 Å². The molecule has 3 aromatic rings. The van der Waals surface area contributed by atoms with Gasteiger partial charge in [-0.25, -0.2) is 4.79 Å². The van der Waals surface area contributed by atoms with Crippen molar-refractivity contribution in [2.24, 2.45) is 0 Å². The fraction of sp³-hybridized carbons (Fsp3) is 0.143. The second kappa shape index (κ2) is 5.25. The molecule has 2 heterocycles. The zero-order valence-electron chi connectivity index (χ0n) is 11.1. The van der Waals surface area contributed by atoms with Crippen LogP contribution in [-0.2, 0) is 6.54 Å². The minimum absolute atomic E-state index is 0.215. The molecule has 0 bridgehead atoms. The maximum absolute atomic E-state index is 12.3. The van der Waals surface area contributed by atoms with Crippen molar-refractivity contribution in [2.45, 2.75) is 13.5 Å². The number of aromatic amines is 1. The van der Waals surface area contributed by atoms with Crippen LogP contribution in [0.4, 0.5) is 5.69 Å². The number of H-pyrrole nitrogens is 1. The van der Waals surface area contributed by atoms with E-state index in [1.54, 1.807) is 24.3 Å². The first-order valence-electron chi connectivity index (χ1n) is 6.36. The number of aryl methyl sites for hydroxylation is 1. The third kappa shape index (κ3) is 2.64. The van der Waals surface area contributed by atoms with Gasteiger partial charge in [-0.1, -0.05) is 0 Å². The summed E-state index contributed by atoms with van der Waals surface area (Å²) in [4.78, 5) is 26.0. The molecular weight excluding hydrogens is 338 g/mol. The fourth-order valence-corrected chi connectivity index (χ4v) is 2.62. The maximum Gasteiger partial charge on any atom is 0.417 e. The molecule has 0 unspecified atom stereocenters. The zero-order chi connectivity index (χ0) is 15.0. The topological polar surface area (TPSA) is 80.0 Å². The summed E-state index contributed by atoms with van der Waals surface area (Å²) < 4.78 is 7.61. The van der Waals surface area contributed by atoms with Gasteiger partial charge in [-0.15, -0.1) is 0 Å². The first-order chi connectivity index (χ1) is 10.1. The van der Waals surface area contributed by atoms with Gasteiger partial charge in [0.05, 0.1) is 5.52 Å². The normalized spacial score (nSPS) is 11.0. The highest BCUT2D eigenvalue weighted by molar-refractivity contribution is 9.10. The first kappa shape index (κ1) is 13.7. The molecular formula is C14H12BrN3O3. The number of aromatic nitrogens is 2. The Kier molecular flexibility index (Phi) is 3.42. The van der Waals surface area contributed by atoms with Crippen LogP contribution in [0.5, 0.6) is 0 Å². The van der Waals surface area contributed by atoms with Crippen LogP contribution in [0.15, 0.2) is 44.1 Å². The summed E-state index contributed by atoms with van der Waals surface area (Å²) in [5.41, 5.74) is 2.15. The molecule has 2 N–H and O–H groups in total. The molecule has 108 valence electrons. The second-order valence-corrected chi connectivity index (χ2v) is 5.42. The summed E-state index contributed by atoms with van der Waals surface area (Å²) in [5.74, 6) is -0.731. The predicted molar refractivity (Wildman–Crippen MR) is 82.6 cm³/mol. The number of hydrogen-bond donors (Lipinski definition) is 2. The number of rotatable bonds is 3. The molecule has 1 aromatic carbocycles. The van der Waals surface area contributed by atoms with Gasteiger partial charge >= 0.3 is 5.76 Å². The van der Waals surface area contributed by atoms with Gasteiger partial charge in [0.25, 0.3) is 5.91 Å². The number of amides is 1. The Morgan fingerprint density at radius 3 is 3.00 bits per heavy atom. The van der Waals surface area contributed by atoms with E-state index in [0.29, 0.717) is 29.0 Å². The number of fused-ring (bicyclic) bond motifs is 1. The van der Waals surface area contributed by atoms with Crippen LogP contribution >= 0.6 is 15.9 Å². The summed E-state index contributed by atoms with van der Waals surface area (Å²) in [6.45, 7) is 2.66. The largest absolute Gasteiger partial charge is 0.417 e. The van der Waals surface area contributed by atoms with E-state index in [2.05, 4.69) is 26.2 Å². The molecule has 0 aliphatic heterocycles. The Morgan fingerprint density at radius 1 is 1.43 bits per heavy atom. The molecule has 0 fully saturated rings. The minimum Gasteiger partial charge on any atom is -0.408 e. The number of anilines is 1. The SMILES string of the molecule is CCn1cc(Br)cc1C(=O)Nc1ccc2oc(=O)[nH]c2c1. The molecule has 0 spiro atoms. The number of oxazole rings is 1. The number of carbonyl (C=O) groups excluding carboxylic acids is 1. The third-order valence-corrected chi connectivity index (χ3v) is 3.55. The number of nitrogens with one attached hydrogen (secondary N) is 2. The minimum atomic E-state index is -0.516. The lowest BCUT2D eigenvalue weighted by molar-refractivity contribution is 0.101. The Hall–Kier alpha value is -2.28. The molecule has 21 heavy (non-hydrogen) atoms. The Labute approximate surface area is 127 Å². The van der Waals surface area contributed by atoms with E-state index < -0.39 is 5.76 Å². The molecule has 0 aliphatic carbocycles. The summed E-state index contributed by atoms with van der Waals surface area (Å²) in [6, 6.07) is 6.74. The number of nitrogens with zero attached hydrogens (tertiary/aromatic N) is 1. The second-order valence-electron chi connectivity index (χ2n) is 4.51. The van der Waals surface area contributed by atoms with Crippen molar-refractivity contribution in [2.75, 3.05) is 5.32 Å². The molecule has 0 radical (unpaired) electrons. The van der Waals surface area contributed by atoms with E-state index in [0.717, 1.165) is 4.47 Å². The molecule has 6 nitrogen and oxygen atoms in total. The first-order valence-corrected chi connectivity index (χ1v) is 7.16. The van der Waals surface area contributed by atoms with Gasteiger partial charge < -0.3 is 14.3 Å². The number of halogens is 1. The molecule has 0 atom stereocenters. The van der Waals surface area contributed by atoms with Crippen molar-refractivity contribution >= 4 is 38.6 Å². The molecule has 3 rings (SSSR count). The van der Waals surface area contributed by atoms with E-state index in [-0.39, 0.29) is 5.91 Å². The van der Waals surface area contributed by atoms with Crippen molar-refractivity contribution in [1.29, 1.82) is 0 Å². The smallest absolute Gasteiger partial charge is 0.408 e. The van der Waals surface area contributed by atoms with Crippen molar-refractivity contribution in [1.82, 2.24) is 9.55 Å². The van der Waals surface area contributed by atoms with Crippen molar-refractivity contribution < 1.29 is 9.21 Å². The lowest BCUT2D eigenvalue weighted by atomic mass is 10.2. The average Bonchev–Trinajstić information content (AvgIpc) is 2.99. The third-order valence-electron chi connectivity index (χ3n) is 3.11. The lowest BCUT2D eigenvalue weighted by Crippen LogP contribution is -2.16. The van der Waals surface area contributed by atoms with Gasteiger partial charge in [0, 0.05) is 22.9 Å². The van der Waals surface area contributed by atoms with Crippen LogP contribution in [0.1, 0.15) is 17.4 Å². The van der Waals surface area contributed by atoms with Gasteiger partial charge in [-0.3, -0.25) is 9.78 Å². The highest BCUT2D eigenvalue weighted by atomic mass is 79.9. The van der Waals surface area contributed by atoms with Crippen LogP contribution in [-0.4, -0.2) is 15.5 Å². The van der Waals surface area contributed by atoms with Gasteiger partial charge in [0.1, 0.15) is 5.69 Å². The predicted octanol–water partition coefficient (Wildman–Crippen LogP) is 2.96. The molecule has 0 saturated heterocycles. The van der Waals surface area contributed by atoms with Gasteiger partial charge in [0.15, 0.2) is 5.58 Å². The van der Waals surface area contributed by atoms with Crippen LogP contribution in [0.25, 0.3) is 11.1 Å². The highest BCUT2D eigenvalue weighted by Gasteiger charge is 2.13. The number of carbonyl (C=O) groups is 1. The molecule has 2 aromatic heterocycles. The summed E-state index contributed by atoms with van der Waals surface area (Å²) >= 11 is 3.36. The maximum atomic E-state index is 12.3. The van der Waals surface area contributed by atoms with E-state index in [4.69, 9.17) is 4.42 Å². The number of benzene rings is 1. The standard InChI is InChI=1S/C14H12BrN3O3/c1-2-18-7-8(15)5-11(18)13(19)16-9-3-4-12-10(6-9)17-14(20)21-12/h3-7H,2H2,1H3,(H,16,19)(H,17,20). The Balaban J connectivity index is 1.90. The molecule has 7 heteroatoms. The summed E-state index contributed by atoms with van der Waals surface area (Å²) in [5, 5.41) is 2.80. The molecule has 0 saturated carbocycles. The van der Waals surface area contributed by atoms with Crippen LogP contribution < -0.4 is 11.1 Å². The van der Waals surface area contributed by atoms with Gasteiger partial charge in [-0.2, -0.15) is 0 Å². The number of hydrogen-bond acceptors (Lipinski definition) is 3. The Morgan fingerprint density at radius 2 is 2.24 bits per heavy atom. The fourth-order valence-electron chi connectivity index (χ4n) is 2.15.